The second kappa shape index (κ2) is 6.73. The minimum atomic E-state index is 0.506. The first-order valence-corrected chi connectivity index (χ1v) is 7.77. The molecule has 1 unspecified atom stereocenters. The van der Waals surface area contributed by atoms with E-state index in [0.717, 1.165) is 18.1 Å². The van der Waals surface area contributed by atoms with E-state index in [0.29, 0.717) is 11.5 Å². The van der Waals surface area contributed by atoms with E-state index in [1.54, 1.807) is 0 Å². The fraction of sp³-hybridized carbons (Fsp3) is 0.833. The Morgan fingerprint density at radius 2 is 2.40 bits per heavy atom. The minimum Gasteiger partial charge on any atom is -0.312 e. The van der Waals surface area contributed by atoms with Gasteiger partial charge in [-0.25, -0.2) is 0 Å². The molecule has 0 aromatic rings. The average Bonchev–Trinajstić information content (AvgIpc) is 2.16. The van der Waals surface area contributed by atoms with Crippen LogP contribution in [-0.2, 0) is 0 Å². The standard InChI is InChI=1S/C12H21NS2/c1-4-6-14-7-5-13-11-8-12(2,3)10-15-9-11/h1,11,13H,5-10H2,2-3H3. The van der Waals surface area contributed by atoms with E-state index in [2.05, 4.69) is 36.8 Å². The summed E-state index contributed by atoms with van der Waals surface area (Å²) in [5, 5.41) is 3.63. The van der Waals surface area contributed by atoms with E-state index < -0.39 is 0 Å². The molecule has 3 heteroatoms. The molecule has 1 saturated heterocycles. The fourth-order valence-corrected chi connectivity index (χ4v) is 3.69. The van der Waals surface area contributed by atoms with Gasteiger partial charge in [0.2, 0.25) is 0 Å². The van der Waals surface area contributed by atoms with Gasteiger partial charge < -0.3 is 5.32 Å². The van der Waals surface area contributed by atoms with Gasteiger partial charge in [0.15, 0.2) is 0 Å². The van der Waals surface area contributed by atoms with E-state index in [1.165, 1.54) is 17.9 Å². The lowest BCUT2D eigenvalue weighted by Gasteiger charge is -2.35. The van der Waals surface area contributed by atoms with Crippen LogP contribution >= 0.6 is 23.5 Å². The Labute approximate surface area is 103 Å². The average molecular weight is 243 g/mol. The number of terminal acetylenes is 1. The molecule has 0 aromatic heterocycles. The lowest BCUT2D eigenvalue weighted by Crippen LogP contribution is -2.41. The van der Waals surface area contributed by atoms with Crippen LogP contribution in [0, 0.1) is 17.8 Å². The smallest absolute Gasteiger partial charge is 0.0545 e. The molecule has 0 spiro atoms. The van der Waals surface area contributed by atoms with Crippen molar-refractivity contribution in [1.82, 2.24) is 5.32 Å². The van der Waals surface area contributed by atoms with Crippen molar-refractivity contribution in [3.8, 4) is 12.3 Å². The maximum Gasteiger partial charge on any atom is 0.0545 e. The monoisotopic (exact) mass is 243 g/mol. The SMILES string of the molecule is C#CCSCCNC1CSCC(C)(C)C1. The van der Waals surface area contributed by atoms with Gasteiger partial charge in [0.05, 0.1) is 5.75 Å². The third-order valence-corrected chi connectivity index (χ3v) is 4.96. The second-order valence-corrected chi connectivity index (χ2v) is 6.93. The van der Waals surface area contributed by atoms with Crippen LogP contribution in [0.1, 0.15) is 20.3 Å². The van der Waals surface area contributed by atoms with Crippen molar-refractivity contribution in [1.29, 1.82) is 0 Å². The topological polar surface area (TPSA) is 12.0 Å². The van der Waals surface area contributed by atoms with Crippen molar-refractivity contribution < 1.29 is 0 Å². The summed E-state index contributed by atoms with van der Waals surface area (Å²) in [7, 11) is 0. The summed E-state index contributed by atoms with van der Waals surface area (Å²) in [4.78, 5) is 0. The summed E-state index contributed by atoms with van der Waals surface area (Å²) in [5.74, 6) is 7.19. The van der Waals surface area contributed by atoms with Gasteiger partial charge in [0.25, 0.3) is 0 Å². The third kappa shape index (κ3) is 5.75. The number of hydrogen-bond acceptors (Lipinski definition) is 3. The van der Waals surface area contributed by atoms with Crippen LogP contribution in [0.3, 0.4) is 0 Å². The van der Waals surface area contributed by atoms with Crippen molar-refractivity contribution in [2.75, 3.05) is 29.6 Å². The molecule has 1 heterocycles. The summed E-state index contributed by atoms with van der Waals surface area (Å²) in [6, 6.07) is 0.699. The molecule has 1 aliphatic heterocycles. The number of rotatable bonds is 5. The molecule has 15 heavy (non-hydrogen) atoms. The Kier molecular flexibility index (Phi) is 5.96. The first-order chi connectivity index (χ1) is 7.14. The molecular formula is C12H21NS2. The van der Waals surface area contributed by atoms with E-state index in [4.69, 9.17) is 6.42 Å². The third-order valence-electron chi connectivity index (χ3n) is 2.48. The minimum absolute atomic E-state index is 0.506. The van der Waals surface area contributed by atoms with Crippen LogP contribution in [0.5, 0.6) is 0 Å². The molecule has 1 N–H and O–H groups in total. The summed E-state index contributed by atoms with van der Waals surface area (Å²) in [6.07, 6.45) is 6.50. The summed E-state index contributed by atoms with van der Waals surface area (Å²) in [6.45, 7) is 5.81. The fourth-order valence-electron chi connectivity index (χ4n) is 1.86. The number of thioether (sulfide) groups is 2. The Morgan fingerprint density at radius 3 is 3.07 bits per heavy atom. The Bertz CT molecular complexity index is 220. The van der Waals surface area contributed by atoms with Crippen LogP contribution in [0.15, 0.2) is 0 Å². The molecule has 1 aliphatic rings. The summed E-state index contributed by atoms with van der Waals surface area (Å²) < 4.78 is 0. The first-order valence-electron chi connectivity index (χ1n) is 5.46. The highest BCUT2D eigenvalue weighted by atomic mass is 32.2. The molecule has 0 aliphatic carbocycles. The lowest BCUT2D eigenvalue weighted by atomic mass is 9.88. The Balaban J connectivity index is 2.08. The zero-order valence-electron chi connectivity index (χ0n) is 9.71. The van der Waals surface area contributed by atoms with Crippen LogP contribution in [0.4, 0.5) is 0 Å². The molecule has 1 fully saturated rings. The van der Waals surface area contributed by atoms with E-state index in [-0.39, 0.29) is 0 Å². The predicted octanol–water partition coefficient (Wildman–Crippen LogP) is 2.47. The molecule has 1 nitrogen and oxygen atoms in total. The van der Waals surface area contributed by atoms with Crippen molar-refractivity contribution in [2.24, 2.45) is 5.41 Å². The zero-order chi connectivity index (χ0) is 11.1. The summed E-state index contributed by atoms with van der Waals surface area (Å²) >= 11 is 3.91. The largest absolute Gasteiger partial charge is 0.312 e. The van der Waals surface area contributed by atoms with Crippen LogP contribution in [0.25, 0.3) is 0 Å². The second-order valence-electron chi connectivity index (χ2n) is 4.79. The zero-order valence-corrected chi connectivity index (χ0v) is 11.3. The number of hydrogen-bond donors (Lipinski definition) is 1. The van der Waals surface area contributed by atoms with Crippen molar-refractivity contribution >= 4 is 23.5 Å². The highest BCUT2D eigenvalue weighted by Crippen LogP contribution is 2.33. The van der Waals surface area contributed by atoms with Gasteiger partial charge in [0, 0.05) is 24.1 Å². The molecule has 1 rings (SSSR count). The molecule has 0 amide bonds. The lowest BCUT2D eigenvalue weighted by molar-refractivity contribution is 0.321. The maximum atomic E-state index is 5.19. The summed E-state index contributed by atoms with van der Waals surface area (Å²) in [5.41, 5.74) is 0.506. The molecule has 0 aromatic carbocycles. The van der Waals surface area contributed by atoms with E-state index in [1.807, 2.05) is 11.8 Å². The Hall–Kier alpha value is 0.220. The molecule has 1 atom stereocenters. The molecular weight excluding hydrogens is 222 g/mol. The van der Waals surface area contributed by atoms with Gasteiger partial charge in [-0.3, -0.25) is 0 Å². The predicted molar refractivity (Wildman–Crippen MR) is 73.7 cm³/mol. The van der Waals surface area contributed by atoms with Crippen molar-refractivity contribution in [2.45, 2.75) is 26.3 Å². The van der Waals surface area contributed by atoms with E-state index >= 15 is 0 Å². The molecule has 0 bridgehead atoms. The van der Waals surface area contributed by atoms with Crippen molar-refractivity contribution in [3.63, 3.8) is 0 Å². The van der Waals surface area contributed by atoms with E-state index in [9.17, 15) is 0 Å². The van der Waals surface area contributed by atoms with Gasteiger partial charge >= 0.3 is 0 Å². The number of nitrogens with one attached hydrogen (secondary N) is 1. The molecule has 0 radical (unpaired) electrons. The first kappa shape index (κ1) is 13.3. The van der Waals surface area contributed by atoms with Crippen LogP contribution in [-0.4, -0.2) is 35.6 Å². The quantitative estimate of drug-likeness (QED) is 0.588. The Morgan fingerprint density at radius 1 is 1.60 bits per heavy atom. The van der Waals surface area contributed by atoms with Crippen LogP contribution < -0.4 is 5.32 Å². The normalized spacial score (nSPS) is 24.7. The van der Waals surface area contributed by atoms with Gasteiger partial charge in [-0.2, -0.15) is 11.8 Å². The van der Waals surface area contributed by atoms with Crippen LogP contribution in [0.2, 0.25) is 0 Å². The highest BCUT2D eigenvalue weighted by molar-refractivity contribution is 7.99. The molecule has 0 saturated carbocycles. The highest BCUT2D eigenvalue weighted by Gasteiger charge is 2.27. The maximum absolute atomic E-state index is 5.19. The van der Waals surface area contributed by atoms with Gasteiger partial charge in [-0.1, -0.05) is 19.8 Å². The molecule has 86 valence electrons. The van der Waals surface area contributed by atoms with Gasteiger partial charge in [0.1, 0.15) is 0 Å². The van der Waals surface area contributed by atoms with Crippen molar-refractivity contribution in [3.05, 3.63) is 0 Å². The van der Waals surface area contributed by atoms with Gasteiger partial charge in [-0.05, 0) is 17.6 Å². The van der Waals surface area contributed by atoms with Gasteiger partial charge in [-0.15, -0.1) is 18.2 Å².